The smallest absolute Gasteiger partial charge is 0.389 e. The minimum atomic E-state index is -4.55. The van der Waals surface area contributed by atoms with Crippen LogP contribution in [0.1, 0.15) is 58.2 Å². The van der Waals surface area contributed by atoms with E-state index in [4.69, 9.17) is 0 Å². The first-order chi connectivity index (χ1) is 12.5. The van der Waals surface area contributed by atoms with Gasteiger partial charge in [0.1, 0.15) is 11.2 Å². The molecule has 1 fully saturated rings. The van der Waals surface area contributed by atoms with Crippen LogP contribution in [0.4, 0.5) is 19.1 Å². The van der Waals surface area contributed by atoms with Gasteiger partial charge in [-0.1, -0.05) is 13.8 Å². The second kappa shape index (κ2) is 6.78. The van der Waals surface area contributed by atoms with E-state index in [0.717, 1.165) is 25.3 Å². The Morgan fingerprint density at radius 1 is 1.37 bits per heavy atom. The molecule has 0 bridgehead atoms. The standard InChI is InChI=1S/C18H23F3N4O2/c1-4-17(3,27)10(2)15(26)24-16-22-12-8-9-13(18(19,20)21)23-14(12)25(16)11-6-5-7-11/h8-11,27H,4-7H2,1-3H3,(H,22,24,26). The molecule has 1 saturated carbocycles. The molecule has 0 saturated heterocycles. The van der Waals surface area contributed by atoms with Crippen LogP contribution in [0.2, 0.25) is 0 Å². The van der Waals surface area contributed by atoms with E-state index >= 15 is 0 Å². The maximum Gasteiger partial charge on any atom is 0.433 e. The lowest BCUT2D eigenvalue weighted by atomic mass is 9.88. The first-order valence-corrected chi connectivity index (χ1v) is 9.04. The predicted octanol–water partition coefficient (Wildman–Crippen LogP) is 3.91. The molecule has 0 spiro atoms. The van der Waals surface area contributed by atoms with Gasteiger partial charge in [-0.3, -0.25) is 14.7 Å². The molecule has 0 aromatic carbocycles. The Labute approximate surface area is 154 Å². The largest absolute Gasteiger partial charge is 0.433 e. The number of carbonyl (C=O) groups excluding carboxylic acids is 1. The van der Waals surface area contributed by atoms with Crippen LogP contribution in [0.5, 0.6) is 0 Å². The monoisotopic (exact) mass is 384 g/mol. The number of pyridine rings is 1. The Kier molecular flexibility index (Phi) is 4.92. The van der Waals surface area contributed by atoms with E-state index in [2.05, 4.69) is 15.3 Å². The second-order valence-corrected chi connectivity index (χ2v) is 7.35. The molecular formula is C18H23F3N4O2. The van der Waals surface area contributed by atoms with Crippen molar-refractivity contribution in [2.75, 3.05) is 5.32 Å². The van der Waals surface area contributed by atoms with Crippen LogP contribution in [0.3, 0.4) is 0 Å². The van der Waals surface area contributed by atoms with E-state index in [1.807, 2.05) is 0 Å². The molecule has 148 valence electrons. The number of rotatable bonds is 5. The minimum Gasteiger partial charge on any atom is -0.389 e. The lowest BCUT2D eigenvalue weighted by Gasteiger charge is -2.30. The molecular weight excluding hydrogens is 361 g/mol. The zero-order valence-electron chi connectivity index (χ0n) is 15.5. The van der Waals surface area contributed by atoms with E-state index in [0.29, 0.717) is 11.9 Å². The number of fused-ring (bicyclic) bond motifs is 1. The van der Waals surface area contributed by atoms with Gasteiger partial charge in [-0.25, -0.2) is 9.97 Å². The Hall–Kier alpha value is -2.16. The van der Waals surface area contributed by atoms with Crippen molar-refractivity contribution in [2.45, 2.75) is 64.3 Å². The molecule has 2 aromatic rings. The highest BCUT2D eigenvalue weighted by Gasteiger charge is 2.36. The van der Waals surface area contributed by atoms with Gasteiger partial charge in [-0.15, -0.1) is 0 Å². The maximum absolute atomic E-state index is 13.0. The molecule has 0 aliphatic heterocycles. The molecule has 6 nitrogen and oxygen atoms in total. The Balaban J connectivity index is 2.01. The number of alkyl halides is 3. The number of hydrogen-bond donors (Lipinski definition) is 2. The van der Waals surface area contributed by atoms with Crippen molar-refractivity contribution < 1.29 is 23.1 Å². The van der Waals surface area contributed by atoms with Gasteiger partial charge in [-0.05, 0) is 44.7 Å². The van der Waals surface area contributed by atoms with Crippen molar-refractivity contribution >= 4 is 23.0 Å². The van der Waals surface area contributed by atoms with E-state index < -0.39 is 29.3 Å². The second-order valence-electron chi connectivity index (χ2n) is 7.35. The molecule has 2 heterocycles. The third kappa shape index (κ3) is 3.65. The molecule has 2 atom stereocenters. The number of aromatic nitrogens is 3. The fourth-order valence-electron chi connectivity index (χ4n) is 3.02. The molecule has 2 unspecified atom stereocenters. The average molecular weight is 384 g/mol. The molecule has 27 heavy (non-hydrogen) atoms. The topological polar surface area (TPSA) is 80.0 Å². The quantitative estimate of drug-likeness (QED) is 0.819. The third-order valence-corrected chi connectivity index (χ3v) is 5.54. The summed E-state index contributed by atoms with van der Waals surface area (Å²) >= 11 is 0. The van der Waals surface area contributed by atoms with Crippen LogP contribution in [0.25, 0.3) is 11.2 Å². The summed E-state index contributed by atoms with van der Waals surface area (Å²) in [6.45, 7) is 4.95. The van der Waals surface area contributed by atoms with E-state index in [1.54, 1.807) is 25.3 Å². The van der Waals surface area contributed by atoms with E-state index in [-0.39, 0.29) is 17.6 Å². The van der Waals surface area contributed by atoms with E-state index in [9.17, 15) is 23.1 Å². The SMILES string of the molecule is CCC(C)(O)C(C)C(=O)Nc1nc2ccc(C(F)(F)F)nc2n1C1CCC1. The molecule has 0 radical (unpaired) electrons. The molecule has 3 rings (SSSR count). The Morgan fingerprint density at radius 2 is 2.04 bits per heavy atom. The lowest BCUT2D eigenvalue weighted by Crippen LogP contribution is -2.40. The highest BCUT2D eigenvalue weighted by Crippen LogP contribution is 2.38. The van der Waals surface area contributed by atoms with Crippen LogP contribution < -0.4 is 5.32 Å². The zero-order valence-corrected chi connectivity index (χ0v) is 15.5. The summed E-state index contributed by atoms with van der Waals surface area (Å²) in [5, 5.41) is 13.0. The number of carbonyl (C=O) groups is 1. The molecule has 1 amide bonds. The van der Waals surface area contributed by atoms with Crippen LogP contribution in [-0.4, -0.2) is 31.1 Å². The Morgan fingerprint density at radius 3 is 2.56 bits per heavy atom. The number of halogens is 3. The van der Waals surface area contributed by atoms with Crippen molar-refractivity contribution in [3.8, 4) is 0 Å². The number of imidazole rings is 1. The van der Waals surface area contributed by atoms with Gasteiger partial charge in [0.05, 0.1) is 11.5 Å². The number of hydrogen-bond acceptors (Lipinski definition) is 4. The first kappa shape index (κ1) is 19.6. The van der Waals surface area contributed by atoms with Crippen molar-refractivity contribution in [2.24, 2.45) is 5.92 Å². The summed E-state index contributed by atoms with van der Waals surface area (Å²) in [5.41, 5.74) is -1.78. The van der Waals surface area contributed by atoms with Gasteiger partial charge in [0, 0.05) is 6.04 Å². The molecule has 1 aliphatic carbocycles. The third-order valence-electron chi connectivity index (χ3n) is 5.54. The van der Waals surface area contributed by atoms with Gasteiger partial charge in [0.25, 0.3) is 0 Å². The van der Waals surface area contributed by atoms with Gasteiger partial charge < -0.3 is 5.11 Å². The summed E-state index contributed by atoms with van der Waals surface area (Å²) in [4.78, 5) is 20.6. The van der Waals surface area contributed by atoms with E-state index in [1.165, 1.54) is 6.07 Å². The van der Waals surface area contributed by atoms with Gasteiger partial charge in [0.2, 0.25) is 11.9 Å². The van der Waals surface area contributed by atoms with Gasteiger partial charge >= 0.3 is 6.18 Å². The number of aliphatic hydroxyl groups is 1. The van der Waals surface area contributed by atoms with Crippen molar-refractivity contribution in [1.29, 1.82) is 0 Å². The predicted molar refractivity (Wildman–Crippen MR) is 94.1 cm³/mol. The fraction of sp³-hybridized carbons (Fsp3) is 0.611. The zero-order chi connectivity index (χ0) is 20.0. The Bertz CT molecular complexity index is 856. The summed E-state index contributed by atoms with van der Waals surface area (Å²) in [6, 6.07) is 2.10. The molecule has 2 N–H and O–H groups in total. The number of amides is 1. The molecule has 1 aliphatic rings. The summed E-state index contributed by atoms with van der Waals surface area (Å²) in [7, 11) is 0. The van der Waals surface area contributed by atoms with Crippen LogP contribution in [0.15, 0.2) is 12.1 Å². The van der Waals surface area contributed by atoms with Crippen LogP contribution in [0, 0.1) is 5.92 Å². The summed E-state index contributed by atoms with van der Waals surface area (Å²) in [6.07, 6.45) is -1.64. The normalized spacial score (nSPS) is 18.8. The highest BCUT2D eigenvalue weighted by atomic mass is 19.4. The summed E-state index contributed by atoms with van der Waals surface area (Å²) < 4.78 is 40.7. The number of nitrogens with zero attached hydrogens (tertiary/aromatic N) is 3. The van der Waals surface area contributed by atoms with Gasteiger partial charge in [0.15, 0.2) is 5.65 Å². The fourth-order valence-corrected chi connectivity index (χ4v) is 3.02. The van der Waals surface area contributed by atoms with Crippen molar-refractivity contribution in [3.05, 3.63) is 17.8 Å². The molecule has 2 aromatic heterocycles. The lowest BCUT2D eigenvalue weighted by molar-refractivity contribution is -0.141. The first-order valence-electron chi connectivity index (χ1n) is 9.04. The average Bonchev–Trinajstić information content (AvgIpc) is 2.89. The maximum atomic E-state index is 13.0. The summed E-state index contributed by atoms with van der Waals surface area (Å²) in [5.74, 6) is -0.977. The highest BCUT2D eigenvalue weighted by molar-refractivity contribution is 5.93. The van der Waals surface area contributed by atoms with Crippen LogP contribution >= 0.6 is 0 Å². The molecule has 9 heteroatoms. The van der Waals surface area contributed by atoms with Gasteiger partial charge in [-0.2, -0.15) is 13.2 Å². The van der Waals surface area contributed by atoms with Crippen LogP contribution in [-0.2, 0) is 11.0 Å². The number of nitrogens with one attached hydrogen (secondary N) is 1. The minimum absolute atomic E-state index is 0.0525. The number of anilines is 1. The van der Waals surface area contributed by atoms with Crippen molar-refractivity contribution in [1.82, 2.24) is 14.5 Å². The van der Waals surface area contributed by atoms with Crippen molar-refractivity contribution in [3.63, 3.8) is 0 Å².